The van der Waals surface area contributed by atoms with Crippen LogP contribution in [0.5, 0.6) is 23.0 Å². The number of unbranched alkanes of at least 4 members (excludes halogenated alkanes) is 10. The molecule has 37 heavy (non-hydrogen) atoms. The van der Waals surface area contributed by atoms with E-state index in [-0.39, 0.29) is 24.8 Å². The third kappa shape index (κ3) is 14.7. The lowest BCUT2D eigenvalue weighted by molar-refractivity contribution is -0.121. The number of amides is 3. The Morgan fingerprint density at radius 2 is 1.22 bits per heavy atom. The smallest absolute Gasteiger partial charge is 0.333 e. The Bertz CT molecular complexity index is 887. The summed E-state index contributed by atoms with van der Waals surface area (Å²) < 4.78 is 11.3. The second kappa shape index (κ2) is 18.8. The number of phenols is 1. The number of rotatable bonds is 18. The maximum absolute atomic E-state index is 11.9. The normalized spacial score (nSPS) is 10.5. The minimum absolute atomic E-state index is 0.181. The Hall–Kier alpha value is -3.42. The van der Waals surface area contributed by atoms with Crippen LogP contribution >= 0.6 is 0 Å². The molecule has 0 saturated heterocycles. The summed E-state index contributed by atoms with van der Waals surface area (Å²) in [6, 6.07) is 13.1. The van der Waals surface area contributed by atoms with Crippen LogP contribution in [0, 0.1) is 0 Å². The molecule has 0 aliphatic carbocycles. The number of nitrogens with one attached hydrogen (secondary N) is 3. The van der Waals surface area contributed by atoms with Gasteiger partial charge >= 0.3 is 6.03 Å². The van der Waals surface area contributed by atoms with Gasteiger partial charge in [-0.25, -0.2) is 10.2 Å². The van der Waals surface area contributed by atoms with Gasteiger partial charge in [-0.15, -0.1) is 0 Å². The number of carbonyl (C=O) groups is 2. The van der Waals surface area contributed by atoms with Gasteiger partial charge in [-0.2, -0.15) is 0 Å². The van der Waals surface area contributed by atoms with Crippen molar-refractivity contribution in [1.29, 1.82) is 0 Å². The average Bonchev–Trinajstić information content (AvgIpc) is 2.91. The van der Waals surface area contributed by atoms with E-state index in [9.17, 15) is 14.7 Å². The lowest BCUT2D eigenvalue weighted by Gasteiger charge is -2.11. The summed E-state index contributed by atoms with van der Waals surface area (Å²) in [5.74, 6) is 1.89. The fourth-order valence-corrected chi connectivity index (χ4v) is 3.77. The number of ether oxygens (including phenoxy) is 2. The summed E-state index contributed by atoms with van der Waals surface area (Å²) >= 11 is 0. The molecule has 0 heterocycles. The summed E-state index contributed by atoms with van der Waals surface area (Å²) in [5, 5.41) is 12.0. The van der Waals surface area contributed by atoms with E-state index in [1.807, 2.05) is 0 Å². The van der Waals surface area contributed by atoms with Crippen molar-refractivity contribution in [3.8, 4) is 23.0 Å². The molecule has 0 spiro atoms. The first-order valence-corrected chi connectivity index (χ1v) is 13.6. The van der Waals surface area contributed by atoms with Crippen molar-refractivity contribution < 1.29 is 24.2 Å². The second-order valence-corrected chi connectivity index (χ2v) is 9.13. The van der Waals surface area contributed by atoms with Crippen LogP contribution in [0.25, 0.3) is 0 Å². The number of urea groups is 1. The number of carbonyl (C=O) groups excluding carboxylic acids is 2. The molecule has 0 saturated carbocycles. The van der Waals surface area contributed by atoms with Crippen molar-refractivity contribution in [2.24, 2.45) is 0 Å². The third-order valence-corrected chi connectivity index (χ3v) is 5.88. The van der Waals surface area contributed by atoms with Crippen molar-refractivity contribution in [2.45, 2.75) is 84.0 Å². The van der Waals surface area contributed by atoms with Gasteiger partial charge in [-0.05, 0) is 55.0 Å². The predicted molar refractivity (Wildman–Crippen MR) is 146 cm³/mol. The lowest BCUT2D eigenvalue weighted by atomic mass is 10.1. The molecule has 8 heteroatoms. The molecule has 2 aromatic rings. The maximum atomic E-state index is 11.9. The highest BCUT2D eigenvalue weighted by Gasteiger charge is 2.05. The van der Waals surface area contributed by atoms with E-state index in [2.05, 4.69) is 23.1 Å². The Morgan fingerprint density at radius 1 is 0.703 bits per heavy atom. The average molecular weight is 514 g/mol. The molecule has 0 fully saturated rings. The minimum atomic E-state index is -0.478. The van der Waals surface area contributed by atoms with E-state index < -0.39 is 6.03 Å². The zero-order chi connectivity index (χ0) is 26.6. The van der Waals surface area contributed by atoms with Gasteiger partial charge in [0.1, 0.15) is 29.6 Å². The molecule has 3 amide bonds. The summed E-state index contributed by atoms with van der Waals surface area (Å²) in [4.78, 5) is 23.7. The number of hydrogen-bond acceptors (Lipinski definition) is 5. The van der Waals surface area contributed by atoms with Gasteiger partial charge in [0.15, 0.2) is 0 Å². The number of hydrazine groups is 1. The van der Waals surface area contributed by atoms with Gasteiger partial charge < -0.3 is 19.9 Å². The monoisotopic (exact) mass is 513 g/mol. The molecule has 4 N–H and O–H groups in total. The highest BCUT2D eigenvalue weighted by molar-refractivity contribution is 5.80. The molecule has 0 unspecified atom stereocenters. The molecule has 2 rings (SSSR count). The van der Waals surface area contributed by atoms with Gasteiger partial charge in [0.2, 0.25) is 5.91 Å². The van der Waals surface area contributed by atoms with Gasteiger partial charge in [-0.3, -0.25) is 10.2 Å². The molecule has 204 valence electrons. The van der Waals surface area contributed by atoms with Crippen LogP contribution in [0.2, 0.25) is 0 Å². The Balaban J connectivity index is 1.43. The summed E-state index contributed by atoms with van der Waals surface area (Å²) in [6.07, 6.45) is 14.0. The molecule has 8 nitrogen and oxygen atoms in total. The Kier molecular flexibility index (Phi) is 15.1. The third-order valence-electron chi connectivity index (χ3n) is 5.88. The second-order valence-electron chi connectivity index (χ2n) is 9.13. The summed E-state index contributed by atoms with van der Waals surface area (Å²) in [7, 11) is 0. The van der Waals surface area contributed by atoms with Crippen LogP contribution < -0.4 is 25.6 Å². The van der Waals surface area contributed by atoms with Gasteiger partial charge in [0, 0.05) is 6.42 Å². The zero-order valence-corrected chi connectivity index (χ0v) is 22.1. The molecular weight excluding hydrogens is 470 g/mol. The largest absolute Gasteiger partial charge is 0.508 e. The van der Waals surface area contributed by atoms with E-state index in [1.54, 1.807) is 48.5 Å². The SMILES string of the molecule is CCCCCCCCCCCCCC(=O)NNC(=O)NCCOc1ccc(Oc2ccc(O)cc2)cc1. The van der Waals surface area contributed by atoms with Gasteiger partial charge in [0.05, 0.1) is 6.54 Å². The van der Waals surface area contributed by atoms with Crippen molar-refractivity contribution in [3.05, 3.63) is 48.5 Å². The highest BCUT2D eigenvalue weighted by atomic mass is 16.5. The Morgan fingerprint density at radius 3 is 1.81 bits per heavy atom. The number of aromatic hydroxyl groups is 1. The topological polar surface area (TPSA) is 109 Å². The summed E-state index contributed by atoms with van der Waals surface area (Å²) in [5.41, 5.74) is 4.80. The fourth-order valence-electron chi connectivity index (χ4n) is 3.77. The number of phenolic OH excluding ortho intramolecular Hbond substituents is 1. The first-order valence-electron chi connectivity index (χ1n) is 13.6. The molecule has 0 aliphatic rings. The maximum Gasteiger partial charge on any atom is 0.333 e. The fraction of sp³-hybridized carbons (Fsp3) is 0.517. The molecular formula is C29H43N3O5. The predicted octanol–water partition coefficient (Wildman–Crippen LogP) is 6.59. The number of hydrogen-bond donors (Lipinski definition) is 4. The minimum Gasteiger partial charge on any atom is -0.508 e. The molecule has 0 aliphatic heterocycles. The van der Waals surface area contributed by atoms with E-state index in [1.165, 1.54) is 51.4 Å². The summed E-state index contributed by atoms with van der Waals surface area (Å²) in [6.45, 7) is 2.80. The Labute approximate surface area is 221 Å². The van der Waals surface area contributed by atoms with Crippen LogP contribution in [0.4, 0.5) is 4.79 Å². The lowest BCUT2D eigenvalue weighted by Crippen LogP contribution is -2.47. The van der Waals surface area contributed by atoms with E-state index in [0.717, 1.165) is 19.3 Å². The van der Waals surface area contributed by atoms with Crippen LogP contribution in [0.3, 0.4) is 0 Å². The van der Waals surface area contributed by atoms with Crippen molar-refractivity contribution in [2.75, 3.05) is 13.2 Å². The van der Waals surface area contributed by atoms with E-state index in [4.69, 9.17) is 9.47 Å². The first-order chi connectivity index (χ1) is 18.1. The van der Waals surface area contributed by atoms with E-state index in [0.29, 0.717) is 23.7 Å². The van der Waals surface area contributed by atoms with Crippen LogP contribution in [0.1, 0.15) is 84.0 Å². The quantitative estimate of drug-likeness (QED) is 0.133. The van der Waals surface area contributed by atoms with Crippen LogP contribution in [-0.4, -0.2) is 30.2 Å². The van der Waals surface area contributed by atoms with Gasteiger partial charge in [0.25, 0.3) is 0 Å². The van der Waals surface area contributed by atoms with Crippen molar-refractivity contribution in [1.82, 2.24) is 16.2 Å². The highest BCUT2D eigenvalue weighted by Crippen LogP contribution is 2.25. The molecule has 0 radical (unpaired) electrons. The molecule has 2 aromatic carbocycles. The van der Waals surface area contributed by atoms with Crippen molar-refractivity contribution >= 4 is 11.9 Å². The number of benzene rings is 2. The molecule has 0 aromatic heterocycles. The first kappa shape index (κ1) is 29.8. The van der Waals surface area contributed by atoms with Crippen molar-refractivity contribution in [3.63, 3.8) is 0 Å². The zero-order valence-electron chi connectivity index (χ0n) is 22.1. The van der Waals surface area contributed by atoms with Crippen LogP contribution in [0.15, 0.2) is 48.5 Å². The molecule has 0 bridgehead atoms. The van der Waals surface area contributed by atoms with Crippen LogP contribution in [-0.2, 0) is 4.79 Å². The molecule has 0 atom stereocenters. The van der Waals surface area contributed by atoms with E-state index >= 15 is 0 Å². The van der Waals surface area contributed by atoms with Gasteiger partial charge in [-0.1, -0.05) is 71.1 Å². The standard InChI is InChI=1S/C29H43N3O5/c1-2-3-4-5-6-7-8-9-10-11-12-13-28(34)31-32-29(35)30-22-23-36-25-18-20-27(21-19-25)37-26-16-14-24(33)15-17-26/h14-21,33H,2-13,22-23H2,1H3,(H,31,34)(H2,30,32,35).